The molecule has 2 aromatic rings. The zero-order valence-corrected chi connectivity index (χ0v) is 11.4. The number of alkyl halides is 3. The molecule has 0 bridgehead atoms. The van der Waals surface area contributed by atoms with E-state index in [4.69, 9.17) is 0 Å². The molecule has 0 aliphatic carbocycles. The van der Waals surface area contributed by atoms with Crippen molar-refractivity contribution in [2.45, 2.75) is 19.2 Å². The number of benzene rings is 2. The molecule has 0 saturated heterocycles. The first kappa shape index (κ1) is 16.0. The molecule has 0 aliphatic heterocycles. The summed E-state index contributed by atoms with van der Waals surface area (Å²) >= 11 is 0. The van der Waals surface area contributed by atoms with Crippen LogP contribution in [0.4, 0.5) is 17.6 Å². The smallest absolute Gasteiger partial charge is 0.403 e. The van der Waals surface area contributed by atoms with Gasteiger partial charge in [-0.1, -0.05) is 30.3 Å². The maximum absolute atomic E-state index is 13.5. The molecule has 6 heteroatoms. The van der Waals surface area contributed by atoms with Crippen molar-refractivity contribution in [2.75, 3.05) is 0 Å². The topological polar surface area (TPSA) is 26.3 Å². The van der Waals surface area contributed by atoms with Gasteiger partial charge in [-0.05, 0) is 30.2 Å². The van der Waals surface area contributed by atoms with Crippen LogP contribution in [-0.4, -0.2) is 12.1 Å². The Morgan fingerprint density at radius 2 is 1.73 bits per heavy atom. The summed E-state index contributed by atoms with van der Waals surface area (Å²) in [5.74, 6) is -2.52. The number of carbonyl (C=O) groups is 1. The Bertz CT molecular complexity index is 651. The van der Waals surface area contributed by atoms with Crippen LogP contribution in [0, 0.1) is 5.82 Å². The van der Waals surface area contributed by atoms with E-state index in [1.54, 1.807) is 0 Å². The molecule has 2 aromatic carbocycles. The van der Waals surface area contributed by atoms with Gasteiger partial charge in [-0.15, -0.1) is 13.2 Å². The van der Waals surface area contributed by atoms with Crippen molar-refractivity contribution in [1.29, 1.82) is 0 Å². The summed E-state index contributed by atoms with van der Waals surface area (Å²) in [5, 5.41) is 0. The van der Waals surface area contributed by atoms with Crippen LogP contribution in [0.1, 0.15) is 22.3 Å². The molecule has 0 fully saturated rings. The van der Waals surface area contributed by atoms with Gasteiger partial charge in [0.05, 0.1) is 0 Å². The van der Waals surface area contributed by atoms with Crippen LogP contribution in [0.2, 0.25) is 0 Å². The second kappa shape index (κ2) is 6.60. The number of hydrogen-bond acceptors (Lipinski definition) is 2. The summed E-state index contributed by atoms with van der Waals surface area (Å²) in [6.45, 7) is 0. The largest absolute Gasteiger partial charge is 0.573 e. The Hall–Kier alpha value is -2.37. The van der Waals surface area contributed by atoms with Crippen LogP contribution in [0.5, 0.6) is 5.75 Å². The number of carbonyl (C=O) groups excluding carboxylic acids is 1. The Labute approximate surface area is 124 Å². The van der Waals surface area contributed by atoms with Crippen LogP contribution in [0.3, 0.4) is 0 Å². The van der Waals surface area contributed by atoms with E-state index in [1.807, 2.05) is 30.3 Å². The summed E-state index contributed by atoms with van der Waals surface area (Å²) in [4.78, 5) is 11.9. The molecule has 0 amide bonds. The number of ketones is 1. The van der Waals surface area contributed by atoms with Crippen LogP contribution in [-0.2, 0) is 6.42 Å². The van der Waals surface area contributed by atoms with Crippen molar-refractivity contribution in [3.63, 3.8) is 0 Å². The summed E-state index contributed by atoms with van der Waals surface area (Å²) in [6, 6.07) is 11.9. The number of halogens is 4. The van der Waals surface area contributed by atoms with Gasteiger partial charge >= 0.3 is 6.36 Å². The third kappa shape index (κ3) is 4.58. The molecule has 0 aliphatic rings. The van der Waals surface area contributed by atoms with E-state index < -0.39 is 17.9 Å². The lowest BCUT2D eigenvalue weighted by molar-refractivity contribution is -0.275. The van der Waals surface area contributed by atoms with E-state index >= 15 is 0 Å². The lowest BCUT2D eigenvalue weighted by Crippen LogP contribution is -2.18. The first-order chi connectivity index (χ1) is 10.3. The minimum Gasteiger partial charge on any atom is -0.403 e. The summed E-state index contributed by atoms with van der Waals surface area (Å²) in [5.41, 5.74) is 0.969. The summed E-state index contributed by atoms with van der Waals surface area (Å²) in [6.07, 6.45) is -4.36. The molecule has 0 spiro atoms. The molecule has 0 radical (unpaired) electrons. The Morgan fingerprint density at radius 3 is 2.32 bits per heavy atom. The van der Waals surface area contributed by atoms with Gasteiger partial charge in [0.15, 0.2) is 17.3 Å². The van der Waals surface area contributed by atoms with Gasteiger partial charge in [-0.2, -0.15) is 0 Å². The maximum Gasteiger partial charge on any atom is 0.573 e. The monoisotopic (exact) mass is 312 g/mol. The number of aryl methyl sites for hydroxylation is 1. The van der Waals surface area contributed by atoms with Crippen LogP contribution in [0.15, 0.2) is 48.5 Å². The molecule has 0 aromatic heterocycles. The molecule has 0 saturated carbocycles. The van der Waals surface area contributed by atoms with E-state index in [2.05, 4.69) is 4.74 Å². The first-order valence-corrected chi connectivity index (χ1v) is 6.47. The fourth-order valence-corrected chi connectivity index (χ4v) is 1.93. The third-order valence-electron chi connectivity index (χ3n) is 2.96. The quantitative estimate of drug-likeness (QED) is 0.598. The Balaban J connectivity index is 2.03. The zero-order chi connectivity index (χ0) is 16.2. The van der Waals surface area contributed by atoms with Gasteiger partial charge in [-0.25, -0.2) is 4.39 Å². The molecular formula is C16H12F4O2. The van der Waals surface area contributed by atoms with Crippen molar-refractivity contribution in [3.8, 4) is 5.75 Å². The molecule has 2 nitrogen and oxygen atoms in total. The van der Waals surface area contributed by atoms with Crippen molar-refractivity contribution in [3.05, 3.63) is 65.5 Å². The Kier molecular flexibility index (Phi) is 4.80. The van der Waals surface area contributed by atoms with E-state index in [0.29, 0.717) is 6.42 Å². The van der Waals surface area contributed by atoms with E-state index in [-0.39, 0.29) is 17.8 Å². The number of hydrogen-bond donors (Lipinski definition) is 0. The van der Waals surface area contributed by atoms with Gasteiger partial charge in [0, 0.05) is 12.0 Å². The molecule has 2 rings (SSSR count). The van der Waals surface area contributed by atoms with E-state index in [9.17, 15) is 22.4 Å². The van der Waals surface area contributed by atoms with Gasteiger partial charge in [0.1, 0.15) is 0 Å². The fourth-order valence-electron chi connectivity index (χ4n) is 1.93. The fraction of sp³-hybridized carbons (Fsp3) is 0.188. The van der Waals surface area contributed by atoms with Gasteiger partial charge in [0.25, 0.3) is 0 Å². The van der Waals surface area contributed by atoms with E-state index in [0.717, 1.165) is 23.8 Å². The average Bonchev–Trinajstić information content (AvgIpc) is 2.46. The molecule has 0 heterocycles. The third-order valence-corrected chi connectivity index (χ3v) is 2.96. The van der Waals surface area contributed by atoms with Crippen molar-refractivity contribution < 1.29 is 27.1 Å². The lowest BCUT2D eigenvalue weighted by Gasteiger charge is -2.10. The highest BCUT2D eigenvalue weighted by atomic mass is 19.4. The summed E-state index contributed by atoms with van der Waals surface area (Å²) in [7, 11) is 0. The highest BCUT2D eigenvalue weighted by Crippen LogP contribution is 2.26. The molecule has 0 N–H and O–H groups in total. The van der Waals surface area contributed by atoms with Crippen LogP contribution >= 0.6 is 0 Å². The van der Waals surface area contributed by atoms with Gasteiger partial charge in [-0.3, -0.25) is 4.79 Å². The molecular weight excluding hydrogens is 300 g/mol. The van der Waals surface area contributed by atoms with Crippen molar-refractivity contribution in [2.24, 2.45) is 0 Å². The van der Waals surface area contributed by atoms with Crippen LogP contribution < -0.4 is 4.74 Å². The molecule has 0 unspecified atom stereocenters. The minimum atomic E-state index is -4.97. The highest BCUT2D eigenvalue weighted by molar-refractivity contribution is 5.96. The first-order valence-electron chi connectivity index (χ1n) is 6.47. The predicted molar refractivity (Wildman–Crippen MR) is 72.2 cm³/mol. The van der Waals surface area contributed by atoms with Crippen molar-refractivity contribution in [1.82, 2.24) is 0 Å². The predicted octanol–water partition coefficient (Wildman–Crippen LogP) is 4.54. The Morgan fingerprint density at radius 1 is 1.05 bits per heavy atom. The zero-order valence-electron chi connectivity index (χ0n) is 11.4. The van der Waals surface area contributed by atoms with Crippen molar-refractivity contribution >= 4 is 5.78 Å². The van der Waals surface area contributed by atoms with E-state index in [1.165, 1.54) is 0 Å². The van der Waals surface area contributed by atoms with Gasteiger partial charge in [0.2, 0.25) is 0 Å². The highest BCUT2D eigenvalue weighted by Gasteiger charge is 2.32. The number of rotatable bonds is 5. The summed E-state index contributed by atoms with van der Waals surface area (Å²) < 4.78 is 53.1. The number of ether oxygens (including phenoxy) is 1. The normalized spacial score (nSPS) is 11.3. The molecule has 22 heavy (non-hydrogen) atoms. The second-order valence-corrected chi connectivity index (χ2v) is 4.60. The maximum atomic E-state index is 13.5. The number of Topliss-reactive ketones (excluding diaryl/α,β-unsaturated/α-hetero) is 1. The van der Waals surface area contributed by atoms with Gasteiger partial charge < -0.3 is 4.74 Å². The molecule has 116 valence electrons. The van der Waals surface area contributed by atoms with Crippen LogP contribution in [0.25, 0.3) is 0 Å². The standard InChI is InChI=1S/C16H12F4O2/c17-13-10-12(7-9-15(13)22-16(18,19)20)14(21)8-6-11-4-2-1-3-5-11/h1-5,7,9-10H,6,8H2. The second-order valence-electron chi connectivity index (χ2n) is 4.60. The SMILES string of the molecule is O=C(CCc1ccccc1)c1ccc(OC(F)(F)F)c(F)c1. The molecule has 0 atom stereocenters. The average molecular weight is 312 g/mol. The minimum absolute atomic E-state index is 0.0166. The lowest BCUT2D eigenvalue weighted by atomic mass is 10.0.